The molecular weight excluding hydrogens is 316 g/mol. The number of aromatic nitrogens is 2. The van der Waals surface area contributed by atoms with Gasteiger partial charge in [-0.2, -0.15) is 5.10 Å². The molecule has 1 aromatic heterocycles. The summed E-state index contributed by atoms with van der Waals surface area (Å²) in [5.41, 5.74) is 2.51. The highest BCUT2D eigenvalue weighted by Gasteiger charge is 2.18. The quantitative estimate of drug-likeness (QED) is 0.875. The summed E-state index contributed by atoms with van der Waals surface area (Å²) in [6.45, 7) is 7.46. The van der Waals surface area contributed by atoms with Gasteiger partial charge >= 0.3 is 0 Å². The van der Waals surface area contributed by atoms with Gasteiger partial charge in [0, 0.05) is 30.7 Å². The summed E-state index contributed by atoms with van der Waals surface area (Å²) in [5.74, 6) is -0.122. The zero-order chi connectivity index (χ0) is 17.6. The first-order valence-electron chi connectivity index (χ1n) is 9.00. The van der Waals surface area contributed by atoms with Crippen LogP contribution < -0.4 is 10.2 Å². The average molecular weight is 342 g/mol. The van der Waals surface area contributed by atoms with Gasteiger partial charge in [0.25, 0.3) is 5.91 Å². The molecule has 6 nitrogen and oxygen atoms in total. The third kappa shape index (κ3) is 4.02. The minimum absolute atomic E-state index is 0.122. The lowest BCUT2D eigenvalue weighted by Crippen LogP contribution is -2.36. The second-order valence-corrected chi connectivity index (χ2v) is 6.24. The van der Waals surface area contributed by atoms with Crippen LogP contribution in [0, 0.1) is 0 Å². The average Bonchev–Trinajstić information content (AvgIpc) is 3.13. The minimum Gasteiger partial charge on any atom is -0.378 e. The monoisotopic (exact) mass is 342 g/mol. The molecule has 0 spiro atoms. The highest BCUT2D eigenvalue weighted by Crippen LogP contribution is 2.22. The van der Waals surface area contributed by atoms with Crippen LogP contribution in [0.1, 0.15) is 43.2 Å². The van der Waals surface area contributed by atoms with Crippen molar-refractivity contribution in [1.82, 2.24) is 9.78 Å². The Morgan fingerprint density at radius 1 is 1.24 bits per heavy atom. The molecule has 1 aliphatic rings. The number of hydrogen-bond acceptors (Lipinski definition) is 4. The van der Waals surface area contributed by atoms with Crippen LogP contribution in [0.25, 0.3) is 0 Å². The molecule has 0 bridgehead atoms. The first kappa shape index (κ1) is 17.5. The Morgan fingerprint density at radius 2 is 2.00 bits per heavy atom. The zero-order valence-corrected chi connectivity index (χ0v) is 14.9. The largest absolute Gasteiger partial charge is 0.378 e. The van der Waals surface area contributed by atoms with E-state index in [1.807, 2.05) is 22.9 Å². The van der Waals surface area contributed by atoms with Crippen molar-refractivity contribution in [2.24, 2.45) is 0 Å². The molecule has 1 saturated heterocycles. The van der Waals surface area contributed by atoms with Gasteiger partial charge in [0.1, 0.15) is 5.69 Å². The summed E-state index contributed by atoms with van der Waals surface area (Å²) in [4.78, 5) is 15.0. The lowest BCUT2D eigenvalue weighted by atomic mass is 10.1. The Morgan fingerprint density at radius 3 is 2.72 bits per heavy atom. The van der Waals surface area contributed by atoms with E-state index in [-0.39, 0.29) is 11.9 Å². The maximum atomic E-state index is 12.7. The van der Waals surface area contributed by atoms with E-state index in [1.165, 1.54) is 0 Å². The van der Waals surface area contributed by atoms with Crippen molar-refractivity contribution in [1.29, 1.82) is 0 Å². The van der Waals surface area contributed by atoms with E-state index in [0.29, 0.717) is 5.69 Å². The van der Waals surface area contributed by atoms with Crippen LogP contribution in [0.15, 0.2) is 36.5 Å². The summed E-state index contributed by atoms with van der Waals surface area (Å²) in [7, 11) is 0. The molecule has 2 aromatic rings. The fourth-order valence-corrected chi connectivity index (χ4v) is 3.22. The molecule has 0 radical (unpaired) electrons. The Kier molecular flexibility index (Phi) is 5.71. The van der Waals surface area contributed by atoms with E-state index in [2.05, 4.69) is 35.2 Å². The van der Waals surface area contributed by atoms with Crippen molar-refractivity contribution in [3.8, 4) is 0 Å². The molecule has 2 heterocycles. The molecule has 3 rings (SSSR count). The summed E-state index contributed by atoms with van der Waals surface area (Å²) in [5, 5.41) is 7.36. The van der Waals surface area contributed by atoms with Gasteiger partial charge in [-0.1, -0.05) is 19.9 Å². The number of hydrogen-bond donors (Lipinski definition) is 1. The van der Waals surface area contributed by atoms with Gasteiger partial charge in [-0.05, 0) is 37.1 Å². The Balaban J connectivity index is 1.74. The topological polar surface area (TPSA) is 59.4 Å². The molecule has 6 heteroatoms. The van der Waals surface area contributed by atoms with Crippen LogP contribution in [0.3, 0.4) is 0 Å². The molecule has 0 saturated carbocycles. The van der Waals surface area contributed by atoms with Crippen LogP contribution >= 0.6 is 0 Å². The maximum absolute atomic E-state index is 12.7. The van der Waals surface area contributed by atoms with Crippen LogP contribution in [0.5, 0.6) is 0 Å². The highest BCUT2D eigenvalue weighted by molar-refractivity contribution is 6.03. The second kappa shape index (κ2) is 8.16. The smallest absolute Gasteiger partial charge is 0.273 e. The van der Waals surface area contributed by atoms with Crippen molar-refractivity contribution in [2.45, 2.75) is 32.7 Å². The number of anilines is 2. The second-order valence-electron chi connectivity index (χ2n) is 6.24. The molecule has 1 N–H and O–H groups in total. The third-order valence-electron chi connectivity index (χ3n) is 4.67. The van der Waals surface area contributed by atoms with E-state index >= 15 is 0 Å². The van der Waals surface area contributed by atoms with E-state index < -0.39 is 0 Å². The van der Waals surface area contributed by atoms with Gasteiger partial charge in [-0.25, -0.2) is 0 Å². The van der Waals surface area contributed by atoms with Crippen LogP contribution in [-0.2, 0) is 4.74 Å². The third-order valence-corrected chi connectivity index (χ3v) is 4.67. The predicted octanol–water partition coefficient (Wildman–Crippen LogP) is 3.33. The first-order valence-corrected chi connectivity index (χ1v) is 9.00. The fraction of sp³-hybridized carbons (Fsp3) is 0.474. The number of amides is 1. The molecule has 0 unspecified atom stereocenters. The molecule has 0 aliphatic carbocycles. The Bertz CT molecular complexity index is 703. The van der Waals surface area contributed by atoms with Crippen LogP contribution in [0.4, 0.5) is 11.4 Å². The van der Waals surface area contributed by atoms with Crippen molar-refractivity contribution in [3.63, 3.8) is 0 Å². The van der Waals surface area contributed by atoms with E-state index in [4.69, 9.17) is 4.74 Å². The van der Waals surface area contributed by atoms with Crippen molar-refractivity contribution >= 4 is 17.3 Å². The van der Waals surface area contributed by atoms with Gasteiger partial charge in [-0.15, -0.1) is 0 Å². The van der Waals surface area contributed by atoms with E-state index in [0.717, 1.165) is 50.5 Å². The first-order chi connectivity index (χ1) is 12.2. The minimum atomic E-state index is -0.122. The number of morpholine rings is 1. The number of nitrogens with one attached hydrogen (secondary N) is 1. The van der Waals surface area contributed by atoms with Gasteiger partial charge in [0.15, 0.2) is 0 Å². The van der Waals surface area contributed by atoms with Gasteiger partial charge in [0.05, 0.1) is 19.3 Å². The van der Waals surface area contributed by atoms with Crippen molar-refractivity contribution < 1.29 is 9.53 Å². The number of benzene rings is 1. The molecule has 1 fully saturated rings. The zero-order valence-electron chi connectivity index (χ0n) is 14.9. The predicted molar refractivity (Wildman–Crippen MR) is 99.3 cm³/mol. The summed E-state index contributed by atoms with van der Waals surface area (Å²) >= 11 is 0. The SMILES string of the molecule is CCC(CC)n1nccc1C(=O)Nc1cccc(N2CCOCC2)c1. The lowest BCUT2D eigenvalue weighted by Gasteiger charge is -2.29. The van der Waals surface area contributed by atoms with E-state index in [1.54, 1.807) is 12.3 Å². The van der Waals surface area contributed by atoms with E-state index in [9.17, 15) is 4.79 Å². The summed E-state index contributed by atoms with van der Waals surface area (Å²) in [6.07, 6.45) is 3.59. The molecular formula is C19H26N4O2. The van der Waals surface area contributed by atoms with Crippen molar-refractivity contribution in [3.05, 3.63) is 42.2 Å². The van der Waals surface area contributed by atoms with Gasteiger partial charge in [0.2, 0.25) is 0 Å². The Hall–Kier alpha value is -2.34. The highest BCUT2D eigenvalue weighted by atomic mass is 16.5. The molecule has 1 aromatic carbocycles. The molecule has 0 atom stereocenters. The molecule has 134 valence electrons. The molecule has 1 aliphatic heterocycles. The normalized spacial score (nSPS) is 14.8. The number of nitrogens with zero attached hydrogens (tertiary/aromatic N) is 3. The lowest BCUT2D eigenvalue weighted by molar-refractivity contribution is 0.101. The summed E-state index contributed by atoms with van der Waals surface area (Å²) < 4.78 is 7.24. The van der Waals surface area contributed by atoms with Gasteiger partial charge in [-0.3, -0.25) is 9.48 Å². The fourth-order valence-electron chi connectivity index (χ4n) is 3.22. The van der Waals surface area contributed by atoms with Gasteiger partial charge < -0.3 is 15.0 Å². The van der Waals surface area contributed by atoms with Crippen molar-refractivity contribution in [2.75, 3.05) is 36.5 Å². The number of ether oxygens (including phenoxy) is 1. The maximum Gasteiger partial charge on any atom is 0.273 e. The number of rotatable bonds is 6. The standard InChI is InChI=1S/C19H26N4O2/c1-3-16(4-2)23-18(8-9-20-23)19(24)21-15-6-5-7-17(14-15)22-10-12-25-13-11-22/h5-9,14,16H,3-4,10-13H2,1-2H3,(H,21,24). The van der Waals surface area contributed by atoms with Crippen LogP contribution in [-0.4, -0.2) is 42.0 Å². The Labute approximate surface area is 148 Å². The molecule has 1 amide bonds. The van der Waals surface area contributed by atoms with Crippen LogP contribution in [0.2, 0.25) is 0 Å². The number of carbonyl (C=O) groups excluding carboxylic acids is 1. The molecule has 25 heavy (non-hydrogen) atoms. The number of carbonyl (C=O) groups is 1. The summed E-state index contributed by atoms with van der Waals surface area (Å²) in [6, 6.07) is 9.99.